The minimum absolute atomic E-state index is 0.749. The summed E-state index contributed by atoms with van der Waals surface area (Å²) < 4.78 is 0. The average molecular weight is 266 g/mol. The summed E-state index contributed by atoms with van der Waals surface area (Å²) in [5, 5.41) is 3.79. The van der Waals surface area contributed by atoms with Crippen molar-refractivity contribution < 1.29 is 0 Å². The zero-order valence-corrected chi connectivity index (χ0v) is 13.2. The summed E-state index contributed by atoms with van der Waals surface area (Å²) in [4.78, 5) is 2.84. The van der Waals surface area contributed by atoms with Gasteiger partial charge in [0.2, 0.25) is 0 Å². The quantitative estimate of drug-likeness (QED) is 0.835. The van der Waals surface area contributed by atoms with Gasteiger partial charge in [0.15, 0.2) is 0 Å². The summed E-state index contributed by atoms with van der Waals surface area (Å²) >= 11 is 0. The van der Waals surface area contributed by atoms with Crippen molar-refractivity contribution in [2.75, 3.05) is 19.6 Å². The Morgan fingerprint density at radius 2 is 1.68 bits per heavy atom. The van der Waals surface area contributed by atoms with Gasteiger partial charge in [0, 0.05) is 12.1 Å². The van der Waals surface area contributed by atoms with Crippen molar-refractivity contribution in [3.05, 3.63) is 0 Å². The zero-order valence-electron chi connectivity index (χ0n) is 13.2. The second-order valence-corrected chi connectivity index (χ2v) is 6.80. The van der Waals surface area contributed by atoms with E-state index in [1.165, 1.54) is 70.9 Å². The number of hydrogen-bond donors (Lipinski definition) is 1. The van der Waals surface area contributed by atoms with Crippen LogP contribution in [-0.2, 0) is 0 Å². The van der Waals surface area contributed by atoms with E-state index in [-0.39, 0.29) is 0 Å². The van der Waals surface area contributed by atoms with Gasteiger partial charge in [0.1, 0.15) is 0 Å². The lowest BCUT2D eigenvalue weighted by molar-refractivity contribution is 0.137. The van der Waals surface area contributed by atoms with Gasteiger partial charge in [-0.1, -0.05) is 39.5 Å². The lowest BCUT2D eigenvalue weighted by Crippen LogP contribution is -2.50. The van der Waals surface area contributed by atoms with Gasteiger partial charge >= 0.3 is 0 Å². The number of nitrogens with one attached hydrogen (secondary N) is 1. The van der Waals surface area contributed by atoms with E-state index < -0.39 is 0 Å². The van der Waals surface area contributed by atoms with Crippen molar-refractivity contribution in [3.63, 3.8) is 0 Å². The van der Waals surface area contributed by atoms with Gasteiger partial charge < -0.3 is 5.32 Å². The second-order valence-electron chi connectivity index (χ2n) is 6.80. The van der Waals surface area contributed by atoms with E-state index >= 15 is 0 Å². The lowest BCUT2D eigenvalue weighted by Gasteiger charge is -2.38. The van der Waals surface area contributed by atoms with Crippen LogP contribution >= 0.6 is 0 Å². The third-order valence-electron chi connectivity index (χ3n) is 5.22. The van der Waals surface area contributed by atoms with Gasteiger partial charge in [0.05, 0.1) is 0 Å². The first kappa shape index (κ1) is 15.3. The molecule has 2 rings (SSSR count). The molecule has 19 heavy (non-hydrogen) atoms. The fourth-order valence-corrected chi connectivity index (χ4v) is 4.02. The molecule has 3 unspecified atom stereocenters. The van der Waals surface area contributed by atoms with Crippen LogP contribution in [0.15, 0.2) is 0 Å². The van der Waals surface area contributed by atoms with Gasteiger partial charge in [-0.05, 0) is 57.7 Å². The Morgan fingerprint density at radius 1 is 0.895 bits per heavy atom. The Kier molecular flexibility index (Phi) is 6.66. The molecular formula is C17H34N2. The summed E-state index contributed by atoms with van der Waals surface area (Å²) in [6.45, 7) is 8.51. The third-order valence-corrected chi connectivity index (χ3v) is 5.22. The summed E-state index contributed by atoms with van der Waals surface area (Å²) in [6, 6.07) is 1.56. The van der Waals surface area contributed by atoms with E-state index in [4.69, 9.17) is 0 Å². The van der Waals surface area contributed by atoms with Crippen molar-refractivity contribution in [2.45, 2.75) is 83.7 Å². The molecule has 1 aliphatic carbocycles. The Morgan fingerprint density at radius 3 is 2.47 bits per heavy atom. The number of rotatable bonds is 3. The second kappa shape index (κ2) is 8.26. The van der Waals surface area contributed by atoms with E-state index in [0.29, 0.717) is 0 Å². The summed E-state index contributed by atoms with van der Waals surface area (Å²) in [6.07, 6.45) is 12.9. The fraction of sp³-hybridized carbons (Fsp3) is 1.00. The van der Waals surface area contributed by atoms with Crippen LogP contribution in [0.2, 0.25) is 0 Å². The van der Waals surface area contributed by atoms with Crippen molar-refractivity contribution >= 4 is 0 Å². The molecule has 2 fully saturated rings. The van der Waals surface area contributed by atoms with Crippen LogP contribution in [0.25, 0.3) is 0 Å². The number of hydrogen-bond acceptors (Lipinski definition) is 2. The average Bonchev–Trinajstić information content (AvgIpc) is 2.58. The molecule has 2 nitrogen and oxygen atoms in total. The Balaban J connectivity index is 1.98. The SMILES string of the molecule is CCNC1CCCCCCC1N1CCCC(C)CC1. The smallest absolute Gasteiger partial charge is 0.0249 e. The number of nitrogens with zero attached hydrogens (tertiary/aromatic N) is 1. The summed E-state index contributed by atoms with van der Waals surface area (Å²) in [5.74, 6) is 0.941. The minimum Gasteiger partial charge on any atom is -0.313 e. The van der Waals surface area contributed by atoms with Crippen LogP contribution in [0, 0.1) is 5.92 Å². The van der Waals surface area contributed by atoms with E-state index in [2.05, 4.69) is 24.1 Å². The van der Waals surface area contributed by atoms with Gasteiger partial charge in [-0.15, -0.1) is 0 Å². The molecule has 112 valence electrons. The van der Waals surface area contributed by atoms with Crippen molar-refractivity contribution in [2.24, 2.45) is 5.92 Å². The van der Waals surface area contributed by atoms with E-state index in [1.54, 1.807) is 0 Å². The predicted molar refractivity (Wildman–Crippen MR) is 83.5 cm³/mol. The van der Waals surface area contributed by atoms with Crippen LogP contribution in [0.4, 0.5) is 0 Å². The van der Waals surface area contributed by atoms with Crippen LogP contribution in [0.1, 0.15) is 71.6 Å². The predicted octanol–water partition coefficient (Wildman–Crippen LogP) is 3.81. The van der Waals surface area contributed by atoms with Gasteiger partial charge in [0.25, 0.3) is 0 Å². The first-order valence-electron chi connectivity index (χ1n) is 8.78. The molecule has 0 aromatic heterocycles. The van der Waals surface area contributed by atoms with Crippen LogP contribution < -0.4 is 5.32 Å². The maximum absolute atomic E-state index is 3.79. The first-order valence-corrected chi connectivity index (χ1v) is 8.78. The molecule has 0 aromatic rings. The molecule has 0 radical (unpaired) electrons. The molecule has 1 saturated heterocycles. The highest BCUT2D eigenvalue weighted by atomic mass is 15.2. The number of likely N-dealkylation sites (N-methyl/N-ethyl adjacent to an activating group) is 1. The Bertz CT molecular complexity index is 241. The van der Waals surface area contributed by atoms with E-state index in [0.717, 1.165) is 24.5 Å². The molecule has 2 aliphatic rings. The van der Waals surface area contributed by atoms with Crippen LogP contribution in [-0.4, -0.2) is 36.6 Å². The molecular weight excluding hydrogens is 232 g/mol. The lowest BCUT2D eigenvalue weighted by atomic mass is 9.91. The van der Waals surface area contributed by atoms with Gasteiger partial charge in [-0.3, -0.25) is 4.90 Å². The van der Waals surface area contributed by atoms with Crippen LogP contribution in [0.3, 0.4) is 0 Å². The first-order chi connectivity index (χ1) is 9.31. The van der Waals surface area contributed by atoms with Gasteiger partial charge in [-0.25, -0.2) is 0 Å². The summed E-state index contributed by atoms with van der Waals surface area (Å²) in [7, 11) is 0. The standard InChI is InChI=1S/C17H34N2/c1-3-18-16-10-6-4-5-7-11-17(16)19-13-8-9-15(2)12-14-19/h15-18H,3-14H2,1-2H3. The monoisotopic (exact) mass is 266 g/mol. The molecule has 0 aromatic carbocycles. The molecule has 3 atom stereocenters. The summed E-state index contributed by atoms with van der Waals surface area (Å²) in [5.41, 5.74) is 0. The molecule has 0 amide bonds. The maximum Gasteiger partial charge on any atom is 0.0249 e. The Hall–Kier alpha value is -0.0800. The van der Waals surface area contributed by atoms with E-state index in [9.17, 15) is 0 Å². The molecule has 1 aliphatic heterocycles. The van der Waals surface area contributed by atoms with Crippen molar-refractivity contribution in [3.8, 4) is 0 Å². The normalized spacial score (nSPS) is 35.4. The van der Waals surface area contributed by atoms with Crippen LogP contribution in [0.5, 0.6) is 0 Å². The van der Waals surface area contributed by atoms with Crippen molar-refractivity contribution in [1.29, 1.82) is 0 Å². The largest absolute Gasteiger partial charge is 0.313 e. The Labute approximate surface area is 120 Å². The highest BCUT2D eigenvalue weighted by Gasteiger charge is 2.28. The highest BCUT2D eigenvalue weighted by Crippen LogP contribution is 2.25. The van der Waals surface area contributed by atoms with E-state index in [1.807, 2.05) is 0 Å². The number of likely N-dealkylation sites (tertiary alicyclic amines) is 1. The molecule has 0 spiro atoms. The molecule has 1 N–H and O–H groups in total. The maximum atomic E-state index is 3.79. The topological polar surface area (TPSA) is 15.3 Å². The third kappa shape index (κ3) is 4.75. The minimum atomic E-state index is 0.749. The zero-order chi connectivity index (χ0) is 13.5. The fourth-order valence-electron chi connectivity index (χ4n) is 4.02. The van der Waals surface area contributed by atoms with Crippen molar-refractivity contribution in [1.82, 2.24) is 10.2 Å². The van der Waals surface area contributed by atoms with Gasteiger partial charge in [-0.2, -0.15) is 0 Å². The molecule has 0 bridgehead atoms. The molecule has 1 heterocycles. The highest BCUT2D eigenvalue weighted by molar-refractivity contribution is 4.87. The molecule has 2 heteroatoms. The molecule has 1 saturated carbocycles.